The Bertz CT molecular complexity index is 1590. The van der Waals surface area contributed by atoms with Crippen LogP contribution in [0.15, 0.2) is 60.7 Å². The lowest BCUT2D eigenvalue weighted by atomic mass is 10.2. The smallest absolute Gasteiger partial charge is 0.244 e. The van der Waals surface area contributed by atoms with Gasteiger partial charge in [0.1, 0.15) is 24.0 Å². The first-order valence-electron chi connectivity index (χ1n) is 10.0. The Kier molecular flexibility index (Phi) is 5.68. The number of aromatic amines is 2. The fourth-order valence-corrected chi connectivity index (χ4v) is 3.84. The molecule has 170 valence electrons. The molecule has 0 unspecified atom stereocenters. The first-order valence-corrected chi connectivity index (χ1v) is 10.8. The van der Waals surface area contributed by atoms with Crippen molar-refractivity contribution in [1.82, 2.24) is 24.7 Å². The molecule has 0 spiro atoms. The number of carbonyl (C=O) groups excluding carboxylic acids is 1. The molecule has 11 heteroatoms. The van der Waals surface area contributed by atoms with Crippen LogP contribution in [-0.4, -0.2) is 30.6 Å². The summed E-state index contributed by atoms with van der Waals surface area (Å²) in [6.45, 7) is -0.0753. The number of hydrogen-bond donors (Lipinski definition) is 3. The number of aromatic nitrogens is 5. The van der Waals surface area contributed by atoms with Crippen molar-refractivity contribution in [2.24, 2.45) is 0 Å². The van der Waals surface area contributed by atoms with Gasteiger partial charge in [0.25, 0.3) is 0 Å². The van der Waals surface area contributed by atoms with E-state index in [0.717, 1.165) is 23.8 Å². The zero-order chi connectivity index (χ0) is 23.8. The molecule has 0 aliphatic rings. The molecular weight excluding hydrogens is 482 g/mol. The van der Waals surface area contributed by atoms with Crippen molar-refractivity contribution in [2.75, 3.05) is 5.32 Å². The summed E-state index contributed by atoms with van der Waals surface area (Å²) in [7, 11) is 0. The Hall–Kier alpha value is -3.89. The molecule has 34 heavy (non-hydrogen) atoms. The summed E-state index contributed by atoms with van der Waals surface area (Å²) >= 11 is 11.2. The monoisotopic (exact) mass is 496 g/mol. The van der Waals surface area contributed by atoms with Gasteiger partial charge in [-0.2, -0.15) is 5.10 Å². The van der Waals surface area contributed by atoms with Gasteiger partial charge >= 0.3 is 0 Å². The number of H-pyrrole nitrogens is 2. The molecular formula is C23H15ClF2N6OS. The molecule has 2 aromatic heterocycles. The number of nitrogens with zero attached hydrogens (tertiary/aromatic N) is 3. The summed E-state index contributed by atoms with van der Waals surface area (Å²) in [5.41, 5.74) is 2.36. The highest BCUT2D eigenvalue weighted by atomic mass is 35.5. The van der Waals surface area contributed by atoms with E-state index in [1.807, 2.05) is 0 Å². The van der Waals surface area contributed by atoms with E-state index in [-0.39, 0.29) is 23.8 Å². The first-order chi connectivity index (χ1) is 16.4. The minimum Gasteiger partial charge on any atom is -0.338 e. The lowest BCUT2D eigenvalue weighted by Gasteiger charge is -2.08. The standard InChI is InChI=1S/C23H15ClF2N6OS/c24-13-3-1-12(2-4-13)22-30-31-23(34)32(22)11-20(33)27-15-6-8-18-19(10-15)29-21(28-18)16-9-14(25)5-7-17(16)26/h1-10H,11H2,(H,27,33)(H,28,29)(H,31,34). The van der Waals surface area contributed by atoms with Crippen molar-refractivity contribution in [1.29, 1.82) is 0 Å². The highest BCUT2D eigenvalue weighted by molar-refractivity contribution is 7.71. The number of halogens is 3. The Morgan fingerprint density at radius 1 is 1.09 bits per heavy atom. The average molecular weight is 497 g/mol. The van der Waals surface area contributed by atoms with Gasteiger partial charge in [0, 0.05) is 16.3 Å². The van der Waals surface area contributed by atoms with Crippen LogP contribution in [0, 0.1) is 16.4 Å². The van der Waals surface area contributed by atoms with E-state index >= 15 is 0 Å². The van der Waals surface area contributed by atoms with Crippen molar-refractivity contribution >= 4 is 46.4 Å². The molecule has 0 radical (unpaired) electrons. The minimum absolute atomic E-state index is 0.0193. The van der Waals surface area contributed by atoms with Crippen LogP contribution >= 0.6 is 23.8 Å². The first kappa shape index (κ1) is 21.9. The van der Waals surface area contributed by atoms with Crippen molar-refractivity contribution in [3.8, 4) is 22.8 Å². The highest BCUT2D eigenvalue weighted by Gasteiger charge is 2.15. The van der Waals surface area contributed by atoms with E-state index in [2.05, 4.69) is 25.5 Å². The van der Waals surface area contributed by atoms with Gasteiger partial charge in [0.05, 0.1) is 16.6 Å². The fourth-order valence-electron chi connectivity index (χ4n) is 3.52. The predicted molar refractivity (Wildman–Crippen MR) is 128 cm³/mol. The average Bonchev–Trinajstić information content (AvgIpc) is 3.39. The van der Waals surface area contributed by atoms with Crippen LogP contribution in [0.2, 0.25) is 5.02 Å². The summed E-state index contributed by atoms with van der Waals surface area (Å²) in [6.07, 6.45) is 0. The maximum atomic E-state index is 14.1. The van der Waals surface area contributed by atoms with Crippen LogP contribution in [-0.2, 0) is 11.3 Å². The number of imidazole rings is 1. The molecule has 3 aromatic carbocycles. The van der Waals surface area contributed by atoms with Crippen molar-refractivity contribution < 1.29 is 13.6 Å². The number of nitrogens with one attached hydrogen (secondary N) is 3. The van der Waals surface area contributed by atoms with Gasteiger partial charge in [-0.3, -0.25) is 14.5 Å². The summed E-state index contributed by atoms with van der Waals surface area (Å²) in [5.74, 6) is -0.804. The van der Waals surface area contributed by atoms with Gasteiger partial charge in [-0.1, -0.05) is 11.6 Å². The summed E-state index contributed by atoms with van der Waals surface area (Å²) < 4.78 is 29.5. The highest BCUT2D eigenvalue weighted by Crippen LogP contribution is 2.26. The Labute approximate surface area is 201 Å². The van der Waals surface area contributed by atoms with Crippen LogP contribution in [0.3, 0.4) is 0 Å². The Balaban J connectivity index is 1.37. The fraction of sp³-hybridized carbons (Fsp3) is 0.0435. The number of hydrogen-bond acceptors (Lipinski definition) is 4. The van der Waals surface area contributed by atoms with Gasteiger partial charge < -0.3 is 10.3 Å². The van der Waals surface area contributed by atoms with Gasteiger partial charge in [-0.15, -0.1) is 0 Å². The van der Waals surface area contributed by atoms with Gasteiger partial charge in [-0.25, -0.2) is 13.8 Å². The number of amides is 1. The molecule has 3 N–H and O–H groups in total. The van der Waals surface area contributed by atoms with Crippen LogP contribution in [0.25, 0.3) is 33.8 Å². The molecule has 5 rings (SSSR count). The van der Waals surface area contributed by atoms with Gasteiger partial charge in [-0.05, 0) is 72.9 Å². The van der Waals surface area contributed by atoms with Crippen LogP contribution in [0.5, 0.6) is 0 Å². The summed E-state index contributed by atoms with van der Waals surface area (Å²) in [5, 5.41) is 10.3. The molecule has 0 saturated heterocycles. The summed E-state index contributed by atoms with van der Waals surface area (Å²) in [4.78, 5) is 20.0. The van der Waals surface area contributed by atoms with Crippen molar-refractivity contribution in [3.63, 3.8) is 0 Å². The molecule has 7 nitrogen and oxygen atoms in total. The second-order valence-electron chi connectivity index (χ2n) is 7.44. The maximum absolute atomic E-state index is 14.1. The molecule has 0 bridgehead atoms. The predicted octanol–water partition coefficient (Wildman–Crippen LogP) is 5.72. The van der Waals surface area contributed by atoms with E-state index in [1.54, 1.807) is 47.0 Å². The van der Waals surface area contributed by atoms with E-state index in [0.29, 0.717) is 32.3 Å². The third kappa shape index (κ3) is 4.33. The number of benzene rings is 3. The Morgan fingerprint density at radius 2 is 1.88 bits per heavy atom. The zero-order valence-corrected chi connectivity index (χ0v) is 18.8. The number of anilines is 1. The molecule has 0 aliphatic heterocycles. The number of carbonyl (C=O) groups is 1. The molecule has 5 aromatic rings. The third-order valence-corrected chi connectivity index (χ3v) is 5.68. The quantitative estimate of drug-likeness (QED) is 0.271. The second kappa shape index (κ2) is 8.81. The lowest BCUT2D eigenvalue weighted by Crippen LogP contribution is -2.19. The third-order valence-electron chi connectivity index (χ3n) is 5.11. The Morgan fingerprint density at radius 3 is 2.68 bits per heavy atom. The van der Waals surface area contributed by atoms with Gasteiger partial charge in [0.15, 0.2) is 10.6 Å². The van der Waals surface area contributed by atoms with E-state index in [1.165, 1.54) is 0 Å². The molecule has 1 amide bonds. The van der Waals surface area contributed by atoms with E-state index in [4.69, 9.17) is 23.8 Å². The molecule has 0 atom stereocenters. The zero-order valence-electron chi connectivity index (χ0n) is 17.3. The molecule has 0 fully saturated rings. The molecule has 0 saturated carbocycles. The lowest BCUT2D eigenvalue weighted by molar-refractivity contribution is -0.116. The topological polar surface area (TPSA) is 91.4 Å². The van der Waals surface area contributed by atoms with E-state index in [9.17, 15) is 13.6 Å². The van der Waals surface area contributed by atoms with Gasteiger partial charge in [0.2, 0.25) is 5.91 Å². The summed E-state index contributed by atoms with van der Waals surface area (Å²) in [6, 6.07) is 15.2. The normalized spacial score (nSPS) is 11.1. The number of fused-ring (bicyclic) bond motifs is 1. The van der Waals surface area contributed by atoms with E-state index < -0.39 is 11.6 Å². The molecule has 2 heterocycles. The number of rotatable bonds is 5. The van der Waals surface area contributed by atoms with Crippen molar-refractivity contribution in [2.45, 2.75) is 6.54 Å². The second-order valence-corrected chi connectivity index (χ2v) is 8.26. The maximum Gasteiger partial charge on any atom is 0.244 e. The van der Waals surface area contributed by atoms with Crippen LogP contribution in [0.1, 0.15) is 0 Å². The van der Waals surface area contributed by atoms with Crippen LogP contribution < -0.4 is 5.32 Å². The molecule has 0 aliphatic carbocycles. The van der Waals surface area contributed by atoms with Crippen molar-refractivity contribution in [3.05, 3.63) is 82.1 Å². The largest absolute Gasteiger partial charge is 0.338 e. The SMILES string of the molecule is O=C(Cn1c(-c2ccc(Cl)cc2)n[nH]c1=S)Nc1ccc2nc(-c3cc(F)ccc3F)[nH]c2c1. The van der Waals surface area contributed by atoms with Crippen LogP contribution in [0.4, 0.5) is 14.5 Å². The minimum atomic E-state index is -0.595.